The van der Waals surface area contributed by atoms with E-state index in [2.05, 4.69) is 39.9 Å². The van der Waals surface area contributed by atoms with Gasteiger partial charge in [0.25, 0.3) is 0 Å². The number of anilines is 1. The minimum atomic E-state index is 0.836. The lowest BCUT2D eigenvalue weighted by Gasteiger charge is -2.35. The third-order valence-corrected chi connectivity index (χ3v) is 4.47. The number of rotatable bonds is 3. The smallest absolute Gasteiger partial charge is 0.0426 e. The van der Waals surface area contributed by atoms with Gasteiger partial charge in [-0.3, -0.25) is 0 Å². The summed E-state index contributed by atoms with van der Waals surface area (Å²) < 4.78 is 0. The Morgan fingerprint density at radius 2 is 2.29 bits per heavy atom. The van der Waals surface area contributed by atoms with E-state index in [9.17, 15) is 0 Å². The molecule has 0 saturated carbocycles. The molecule has 17 heavy (non-hydrogen) atoms. The minimum absolute atomic E-state index is 0.836. The van der Waals surface area contributed by atoms with Crippen molar-refractivity contribution in [2.24, 2.45) is 5.92 Å². The molecule has 3 heteroatoms. The van der Waals surface area contributed by atoms with E-state index in [4.69, 9.17) is 11.6 Å². The standard InChI is InChI=1S/C14H19BrClN/c1-2-11-4-3-7-17(10-11)14-8-13(16)6-5-12(14)9-15/h5-6,8,11H,2-4,7,9-10H2,1H3. The van der Waals surface area contributed by atoms with Crippen LogP contribution in [0, 0.1) is 5.92 Å². The van der Waals surface area contributed by atoms with Crippen molar-refractivity contribution in [1.82, 2.24) is 0 Å². The molecule has 1 aromatic carbocycles. The predicted molar refractivity (Wildman–Crippen MR) is 79.3 cm³/mol. The fraction of sp³-hybridized carbons (Fsp3) is 0.571. The SMILES string of the molecule is CCC1CCCN(c2cc(Cl)ccc2CBr)C1. The summed E-state index contributed by atoms with van der Waals surface area (Å²) in [4.78, 5) is 2.50. The van der Waals surface area contributed by atoms with E-state index in [1.807, 2.05) is 6.07 Å². The monoisotopic (exact) mass is 315 g/mol. The molecule has 0 N–H and O–H groups in total. The summed E-state index contributed by atoms with van der Waals surface area (Å²) in [5.41, 5.74) is 2.65. The van der Waals surface area contributed by atoms with Gasteiger partial charge in [-0.25, -0.2) is 0 Å². The molecule has 1 aliphatic rings. The Kier molecular flexibility index (Phi) is 4.75. The number of hydrogen-bond acceptors (Lipinski definition) is 1. The Morgan fingerprint density at radius 1 is 1.47 bits per heavy atom. The lowest BCUT2D eigenvalue weighted by molar-refractivity contribution is 0.404. The molecule has 1 fully saturated rings. The number of piperidine rings is 1. The van der Waals surface area contributed by atoms with Crippen LogP contribution in [-0.4, -0.2) is 13.1 Å². The number of nitrogens with zero attached hydrogens (tertiary/aromatic N) is 1. The maximum atomic E-state index is 6.12. The molecule has 1 nitrogen and oxygen atoms in total. The van der Waals surface area contributed by atoms with E-state index in [-0.39, 0.29) is 0 Å². The van der Waals surface area contributed by atoms with E-state index in [1.165, 1.54) is 37.1 Å². The van der Waals surface area contributed by atoms with Gasteiger partial charge >= 0.3 is 0 Å². The summed E-state index contributed by atoms with van der Waals surface area (Å²) in [7, 11) is 0. The van der Waals surface area contributed by atoms with Gasteiger partial charge in [-0.1, -0.05) is 46.9 Å². The van der Waals surface area contributed by atoms with Crippen LogP contribution in [0.15, 0.2) is 18.2 Å². The van der Waals surface area contributed by atoms with E-state index >= 15 is 0 Å². The highest BCUT2D eigenvalue weighted by Crippen LogP contribution is 2.31. The van der Waals surface area contributed by atoms with Crippen LogP contribution in [0.25, 0.3) is 0 Å². The molecule has 1 saturated heterocycles. The molecule has 0 aromatic heterocycles. The molecule has 0 spiro atoms. The largest absolute Gasteiger partial charge is 0.371 e. The fourth-order valence-corrected chi connectivity index (χ4v) is 3.20. The minimum Gasteiger partial charge on any atom is -0.371 e. The van der Waals surface area contributed by atoms with Crippen LogP contribution >= 0.6 is 27.5 Å². The van der Waals surface area contributed by atoms with E-state index in [0.29, 0.717) is 0 Å². The molecule has 1 unspecified atom stereocenters. The van der Waals surface area contributed by atoms with Crippen molar-refractivity contribution in [2.75, 3.05) is 18.0 Å². The van der Waals surface area contributed by atoms with Crippen molar-refractivity contribution in [3.8, 4) is 0 Å². The molecule has 0 amide bonds. The molecule has 2 rings (SSSR count). The molecular formula is C14H19BrClN. The van der Waals surface area contributed by atoms with Gasteiger partial charge in [0, 0.05) is 29.1 Å². The number of halogens is 2. The molecule has 0 aliphatic carbocycles. The molecule has 1 aliphatic heterocycles. The van der Waals surface area contributed by atoms with Gasteiger partial charge in [0.05, 0.1) is 0 Å². The average molecular weight is 317 g/mol. The van der Waals surface area contributed by atoms with Crippen LogP contribution in [0.2, 0.25) is 5.02 Å². The van der Waals surface area contributed by atoms with Crippen molar-refractivity contribution in [2.45, 2.75) is 31.5 Å². The summed E-state index contributed by atoms with van der Waals surface area (Å²) in [6.45, 7) is 4.63. The predicted octanol–water partition coefficient (Wildman–Crippen LogP) is 4.86. The zero-order chi connectivity index (χ0) is 12.3. The molecule has 0 bridgehead atoms. The first kappa shape index (κ1) is 13.2. The Bertz CT molecular complexity index is 380. The first-order valence-corrected chi connectivity index (χ1v) is 7.84. The maximum Gasteiger partial charge on any atom is 0.0426 e. The van der Waals surface area contributed by atoms with Crippen LogP contribution in [0.5, 0.6) is 0 Å². The van der Waals surface area contributed by atoms with Crippen molar-refractivity contribution < 1.29 is 0 Å². The summed E-state index contributed by atoms with van der Waals surface area (Å²) in [6, 6.07) is 6.21. The highest BCUT2D eigenvalue weighted by molar-refractivity contribution is 9.08. The lowest BCUT2D eigenvalue weighted by Crippen LogP contribution is -2.35. The van der Waals surface area contributed by atoms with Gasteiger partial charge in [0.2, 0.25) is 0 Å². The normalized spacial score (nSPS) is 20.6. The Balaban J connectivity index is 2.22. The van der Waals surface area contributed by atoms with Crippen LogP contribution in [-0.2, 0) is 5.33 Å². The molecule has 1 aromatic rings. The van der Waals surface area contributed by atoms with E-state index in [0.717, 1.165) is 22.8 Å². The van der Waals surface area contributed by atoms with Crippen molar-refractivity contribution in [3.05, 3.63) is 28.8 Å². The second kappa shape index (κ2) is 6.10. The second-order valence-electron chi connectivity index (χ2n) is 4.77. The second-order valence-corrected chi connectivity index (χ2v) is 5.77. The van der Waals surface area contributed by atoms with Crippen LogP contribution in [0.1, 0.15) is 31.7 Å². The van der Waals surface area contributed by atoms with Gasteiger partial charge < -0.3 is 4.90 Å². The third-order valence-electron chi connectivity index (χ3n) is 3.63. The Labute approximate surface area is 117 Å². The average Bonchev–Trinajstić information content (AvgIpc) is 2.39. The van der Waals surface area contributed by atoms with Gasteiger partial charge in [0.15, 0.2) is 0 Å². The van der Waals surface area contributed by atoms with Crippen LogP contribution < -0.4 is 4.90 Å². The van der Waals surface area contributed by atoms with Crippen molar-refractivity contribution in [1.29, 1.82) is 0 Å². The summed E-state index contributed by atoms with van der Waals surface area (Å²) >= 11 is 9.68. The number of benzene rings is 1. The van der Waals surface area contributed by atoms with Gasteiger partial charge in [-0.05, 0) is 36.5 Å². The first-order chi connectivity index (χ1) is 8.24. The third kappa shape index (κ3) is 3.17. The quantitative estimate of drug-likeness (QED) is 0.720. The summed E-state index contributed by atoms with van der Waals surface area (Å²) in [5, 5.41) is 1.73. The maximum absolute atomic E-state index is 6.12. The van der Waals surface area contributed by atoms with E-state index < -0.39 is 0 Å². The number of hydrogen-bond donors (Lipinski definition) is 0. The van der Waals surface area contributed by atoms with Gasteiger partial charge in [-0.2, -0.15) is 0 Å². The topological polar surface area (TPSA) is 3.24 Å². The molecule has 94 valence electrons. The molecular weight excluding hydrogens is 298 g/mol. The Hall–Kier alpha value is -0.210. The number of alkyl halides is 1. The van der Waals surface area contributed by atoms with Gasteiger partial charge in [-0.15, -0.1) is 0 Å². The molecule has 0 radical (unpaired) electrons. The fourth-order valence-electron chi connectivity index (χ4n) is 2.56. The van der Waals surface area contributed by atoms with Gasteiger partial charge in [0.1, 0.15) is 0 Å². The summed E-state index contributed by atoms with van der Waals surface area (Å²) in [5.74, 6) is 0.839. The molecule has 1 heterocycles. The summed E-state index contributed by atoms with van der Waals surface area (Å²) in [6.07, 6.45) is 3.95. The van der Waals surface area contributed by atoms with Crippen LogP contribution in [0.4, 0.5) is 5.69 Å². The van der Waals surface area contributed by atoms with Crippen molar-refractivity contribution in [3.63, 3.8) is 0 Å². The Morgan fingerprint density at radius 3 is 3.00 bits per heavy atom. The lowest BCUT2D eigenvalue weighted by atomic mass is 9.95. The van der Waals surface area contributed by atoms with E-state index in [1.54, 1.807) is 0 Å². The first-order valence-electron chi connectivity index (χ1n) is 6.34. The highest BCUT2D eigenvalue weighted by Gasteiger charge is 2.20. The van der Waals surface area contributed by atoms with Crippen LogP contribution in [0.3, 0.4) is 0 Å². The zero-order valence-corrected chi connectivity index (χ0v) is 12.6. The highest BCUT2D eigenvalue weighted by atomic mass is 79.9. The van der Waals surface area contributed by atoms with Crippen molar-refractivity contribution >= 4 is 33.2 Å². The molecule has 1 atom stereocenters. The zero-order valence-electron chi connectivity index (χ0n) is 10.3.